The molecule has 0 radical (unpaired) electrons. The first-order valence-electron chi connectivity index (χ1n) is 12.7. The molecule has 0 aliphatic carbocycles. The van der Waals surface area contributed by atoms with Crippen LogP contribution < -0.4 is 0 Å². The van der Waals surface area contributed by atoms with E-state index in [-0.39, 0.29) is 0 Å². The number of allylic oxidation sites excluding steroid dienone is 2. The molecule has 2 N–H and O–H groups in total. The van der Waals surface area contributed by atoms with Crippen molar-refractivity contribution in [1.82, 2.24) is 0 Å². The highest BCUT2D eigenvalue weighted by atomic mass is 16.3. The quantitative estimate of drug-likeness (QED) is 0.228. The van der Waals surface area contributed by atoms with Gasteiger partial charge in [0.2, 0.25) is 0 Å². The number of hydrogen-bond acceptors (Lipinski definition) is 2. The molecule has 0 saturated heterocycles. The fourth-order valence-corrected chi connectivity index (χ4v) is 4.51. The van der Waals surface area contributed by atoms with E-state index in [4.69, 9.17) is 0 Å². The van der Waals surface area contributed by atoms with Gasteiger partial charge in [0.15, 0.2) is 0 Å². The first kappa shape index (κ1) is 27.6. The van der Waals surface area contributed by atoms with Crippen LogP contribution in [-0.2, 0) is 6.42 Å². The van der Waals surface area contributed by atoms with Crippen molar-refractivity contribution in [1.29, 1.82) is 0 Å². The lowest BCUT2D eigenvalue weighted by Gasteiger charge is -2.16. The molecule has 0 amide bonds. The van der Waals surface area contributed by atoms with Gasteiger partial charge in [-0.25, -0.2) is 0 Å². The summed E-state index contributed by atoms with van der Waals surface area (Å²) in [5.41, 5.74) is 4.67. The Hall–Kier alpha value is -1.44. The van der Waals surface area contributed by atoms with Crippen LogP contribution in [0.2, 0.25) is 0 Å². The van der Waals surface area contributed by atoms with E-state index in [0.717, 1.165) is 59.3 Å². The third-order valence-corrected chi connectivity index (χ3v) is 7.16. The number of benzene rings is 1. The Bertz CT molecular complexity index is 670. The van der Waals surface area contributed by atoms with E-state index in [1.165, 1.54) is 50.5 Å². The summed E-state index contributed by atoms with van der Waals surface area (Å²) in [5.74, 6) is 3.18. The van der Waals surface area contributed by atoms with Gasteiger partial charge in [0, 0.05) is 5.56 Å². The summed E-state index contributed by atoms with van der Waals surface area (Å²) in [7, 11) is 0. The molecule has 2 atom stereocenters. The molecule has 178 valence electrons. The molecule has 0 fully saturated rings. The number of aromatic hydroxyl groups is 2. The van der Waals surface area contributed by atoms with E-state index >= 15 is 0 Å². The highest BCUT2D eigenvalue weighted by Crippen LogP contribution is 2.37. The molecule has 0 aliphatic heterocycles. The zero-order valence-electron chi connectivity index (χ0n) is 21.8. The van der Waals surface area contributed by atoms with Crippen molar-refractivity contribution < 1.29 is 10.2 Å². The Labute approximate surface area is 193 Å². The van der Waals surface area contributed by atoms with Gasteiger partial charge in [0.25, 0.3) is 0 Å². The molecule has 1 aromatic carbocycles. The van der Waals surface area contributed by atoms with Gasteiger partial charge in [-0.1, -0.05) is 77.9 Å². The minimum Gasteiger partial charge on any atom is -0.507 e. The lowest BCUT2D eigenvalue weighted by atomic mass is 9.91. The Balaban J connectivity index is 2.34. The molecular weight excluding hydrogens is 380 g/mol. The molecule has 0 spiro atoms. The maximum atomic E-state index is 10.5. The fourth-order valence-electron chi connectivity index (χ4n) is 4.51. The number of hydrogen-bond donors (Lipinski definition) is 2. The van der Waals surface area contributed by atoms with Crippen LogP contribution in [-0.4, -0.2) is 10.2 Å². The van der Waals surface area contributed by atoms with Gasteiger partial charge in [-0.3, -0.25) is 0 Å². The standard InChI is InChI=1S/C29H50O2/c1-20(2)12-9-13-21(3)14-10-15-22(4)16-11-17-23(5)18-19-27-26(8)28(30)24(6)25(7)29(27)31/h17,20-22,30-31H,9-16,18-19H2,1-8H3/b23-17+. The SMILES string of the molecule is C/C(=C\CCC(C)CCCC(C)CCCC(C)C)CCc1c(C)c(O)c(C)c(C)c1O. The summed E-state index contributed by atoms with van der Waals surface area (Å²) >= 11 is 0. The van der Waals surface area contributed by atoms with E-state index in [1.54, 1.807) is 0 Å². The molecule has 31 heavy (non-hydrogen) atoms. The molecule has 0 saturated carbocycles. The van der Waals surface area contributed by atoms with E-state index < -0.39 is 0 Å². The van der Waals surface area contributed by atoms with Gasteiger partial charge in [-0.2, -0.15) is 0 Å². The van der Waals surface area contributed by atoms with Crippen LogP contribution in [0.1, 0.15) is 115 Å². The lowest BCUT2D eigenvalue weighted by molar-refractivity contribution is 0.393. The third kappa shape index (κ3) is 9.71. The molecule has 0 heterocycles. The molecule has 2 unspecified atom stereocenters. The molecule has 1 rings (SSSR count). The summed E-state index contributed by atoms with van der Waals surface area (Å²) in [5, 5.41) is 20.8. The number of phenols is 2. The Morgan fingerprint density at radius 3 is 1.84 bits per heavy atom. The van der Waals surface area contributed by atoms with Crippen molar-refractivity contribution in [3.63, 3.8) is 0 Å². The molecule has 1 aromatic rings. The normalized spacial score (nSPS) is 14.3. The van der Waals surface area contributed by atoms with Gasteiger partial charge in [0.1, 0.15) is 11.5 Å². The van der Waals surface area contributed by atoms with Crippen LogP contribution in [0.3, 0.4) is 0 Å². The Morgan fingerprint density at radius 1 is 0.742 bits per heavy atom. The van der Waals surface area contributed by atoms with Crippen LogP contribution in [0.15, 0.2) is 11.6 Å². The second kappa shape index (κ2) is 13.9. The largest absolute Gasteiger partial charge is 0.507 e. The van der Waals surface area contributed by atoms with Gasteiger partial charge >= 0.3 is 0 Å². The highest BCUT2D eigenvalue weighted by Gasteiger charge is 2.16. The molecule has 0 aromatic heterocycles. The maximum Gasteiger partial charge on any atom is 0.122 e. The van der Waals surface area contributed by atoms with Crippen molar-refractivity contribution in [2.75, 3.05) is 0 Å². The van der Waals surface area contributed by atoms with Crippen molar-refractivity contribution in [3.05, 3.63) is 33.9 Å². The molecule has 2 nitrogen and oxygen atoms in total. The molecule has 0 aliphatic rings. The van der Waals surface area contributed by atoms with Gasteiger partial charge in [-0.15, -0.1) is 0 Å². The molecular formula is C29H50O2. The average Bonchev–Trinajstić information content (AvgIpc) is 2.70. The van der Waals surface area contributed by atoms with E-state index in [2.05, 4.69) is 40.7 Å². The minimum atomic E-state index is 0.329. The predicted octanol–water partition coefficient (Wildman–Crippen LogP) is 8.95. The van der Waals surface area contributed by atoms with E-state index in [9.17, 15) is 10.2 Å². The summed E-state index contributed by atoms with van der Waals surface area (Å²) in [6, 6.07) is 0. The smallest absolute Gasteiger partial charge is 0.122 e. The van der Waals surface area contributed by atoms with Crippen LogP contribution in [0.5, 0.6) is 11.5 Å². The average molecular weight is 431 g/mol. The van der Waals surface area contributed by atoms with Gasteiger partial charge in [-0.05, 0) is 87.8 Å². The summed E-state index contributed by atoms with van der Waals surface area (Å²) in [6.07, 6.45) is 14.7. The fraction of sp³-hybridized carbons (Fsp3) is 0.724. The van der Waals surface area contributed by atoms with Crippen LogP contribution in [0.25, 0.3) is 0 Å². The summed E-state index contributed by atoms with van der Waals surface area (Å²) in [4.78, 5) is 0. The lowest BCUT2D eigenvalue weighted by Crippen LogP contribution is -2.00. The summed E-state index contributed by atoms with van der Waals surface area (Å²) < 4.78 is 0. The zero-order chi connectivity index (χ0) is 23.6. The molecule has 2 heteroatoms. The first-order chi connectivity index (χ1) is 14.5. The zero-order valence-corrected chi connectivity index (χ0v) is 21.8. The monoisotopic (exact) mass is 430 g/mol. The maximum absolute atomic E-state index is 10.5. The van der Waals surface area contributed by atoms with Crippen LogP contribution in [0, 0.1) is 38.5 Å². The first-order valence-corrected chi connectivity index (χ1v) is 12.7. The minimum absolute atomic E-state index is 0.329. The summed E-state index contributed by atoms with van der Waals surface area (Å²) in [6.45, 7) is 17.3. The number of rotatable bonds is 14. The highest BCUT2D eigenvalue weighted by molar-refractivity contribution is 5.56. The third-order valence-electron chi connectivity index (χ3n) is 7.16. The van der Waals surface area contributed by atoms with Crippen LogP contribution >= 0.6 is 0 Å². The predicted molar refractivity (Wildman–Crippen MR) is 136 cm³/mol. The molecule has 0 bridgehead atoms. The van der Waals surface area contributed by atoms with Gasteiger partial charge < -0.3 is 10.2 Å². The number of phenolic OH excluding ortho intramolecular Hbond substituents is 2. The Morgan fingerprint density at radius 2 is 1.26 bits per heavy atom. The van der Waals surface area contributed by atoms with Gasteiger partial charge in [0.05, 0.1) is 0 Å². The second-order valence-electron chi connectivity index (χ2n) is 10.6. The van der Waals surface area contributed by atoms with Crippen molar-refractivity contribution >= 4 is 0 Å². The van der Waals surface area contributed by atoms with Crippen molar-refractivity contribution in [2.24, 2.45) is 17.8 Å². The van der Waals surface area contributed by atoms with E-state index in [0.29, 0.717) is 11.5 Å². The van der Waals surface area contributed by atoms with Crippen molar-refractivity contribution in [2.45, 2.75) is 120 Å². The topological polar surface area (TPSA) is 40.5 Å². The van der Waals surface area contributed by atoms with Crippen molar-refractivity contribution in [3.8, 4) is 11.5 Å². The van der Waals surface area contributed by atoms with Crippen LogP contribution in [0.4, 0.5) is 0 Å². The Kier molecular flexibility index (Phi) is 12.3. The second-order valence-corrected chi connectivity index (χ2v) is 10.6. The van der Waals surface area contributed by atoms with E-state index in [1.807, 2.05) is 20.8 Å².